The number of pyridine rings is 1. The number of nitrogens with zero attached hydrogens (tertiary/aromatic N) is 3. The summed E-state index contributed by atoms with van der Waals surface area (Å²) in [5.41, 5.74) is 4.46. The third-order valence-electron chi connectivity index (χ3n) is 5.40. The first-order chi connectivity index (χ1) is 17.0. The Labute approximate surface area is 207 Å². The van der Waals surface area contributed by atoms with Gasteiger partial charge in [-0.2, -0.15) is 0 Å². The molecule has 2 N–H and O–H groups in total. The summed E-state index contributed by atoms with van der Waals surface area (Å²) in [5.74, 6) is -0.592. The molecule has 4 rings (SSSR count). The molecular formula is C25H23N5O4S. The van der Waals surface area contributed by atoms with Crippen molar-refractivity contribution < 1.29 is 19.1 Å². The molecule has 1 aliphatic rings. The molecule has 1 atom stereocenters. The van der Waals surface area contributed by atoms with Crippen molar-refractivity contribution in [3.63, 3.8) is 0 Å². The Balaban J connectivity index is 1.53. The maximum Gasteiger partial charge on any atom is 0.269 e. The molecule has 1 saturated heterocycles. The maximum absolute atomic E-state index is 13.4. The summed E-state index contributed by atoms with van der Waals surface area (Å²) in [7, 11) is 1.55. The number of amides is 3. The largest absolute Gasteiger partial charge is 0.497 e. The first-order valence-electron chi connectivity index (χ1n) is 10.8. The van der Waals surface area contributed by atoms with Crippen molar-refractivity contribution >= 4 is 40.7 Å². The Hall–Kier alpha value is -4.31. The van der Waals surface area contributed by atoms with Crippen LogP contribution in [0.4, 0.5) is 5.69 Å². The summed E-state index contributed by atoms with van der Waals surface area (Å²) < 4.78 is 5.13. The fourth-order valence-electron chi connectivity index (χ4n) is 3.60. The zero-order valence-electron chi connectivity index (χ0n) is 18.9. The average molecular weight is 490 g/mol. The van der Waals surface area contributed by atoms with Crippen molar-refractivity contribution in [3.05, 3.63) is 90.3 Å². The predicted octanol–water partition coefficient (Wildman–Crippen LogP) is 2.76. The molecule has 0 radical (unpaired) electrons. The van der Waals surface area contributed by atoms with Gasteiger partial charge in [0.15, 0.2) is 5.11 Å². The third-order valence-corrected chi connectivity index (χ3v) is 5.82. The second kappa shape index (κ2) is 10.7. The number of ether oxygens (including phenoxy) is 1. The van der Waals surface area contributed by atoms with E-state index in [-0.39, 0.29) is 24.0 Å². The molecule has 2 aromatic carbocycles. The molecule has 2 heterocycles. The number of aromatic nitrogens is 1. The molecule has 9 nitrogen and oxygen atoms in total. The van der Waals surface area contributed by atoms with Gasteiger partial charge in [0.1, 0.15) is 11.8 Å². The fraction of sp³-hybridized carbons (Fsp3) is 0.160. The highest BCUT2D eigenvalue weighted by molar-refractivity contribution is 7.80. The summed E-state index contributed by atoms with van der Waals surface area (Å²) >= 11 is 5.55. The lowest BCUT2D eigenvalue weighted by atomic mass is 10.1. The Morgan fingerprint density at radius 2 is 1.71 bits per heavy atom. The van der Waals surface area contributed by atoms with Gasteiger partial charge >= 0.3 is 0 Å². The van der Waals surface area contributed by atoms with Gasteiger partial charge in [0.2, 0.25) is 5.91 Å². The van der Waals surface area contributed by atoms with Crippen molar-refractivity contribution in [2.24, 2.45) is 0 Å². The molecule has 0 bridgehead atoms. The number of hydrogen-bond acceptors (Lipinski definition) is 6. The van der Waals surface area contributed by atoms with Crippen LogP contribution in [0.1, 0.15) is 22.3 Å². The molecule has 0 spiro atoms. The van der Waals surface area contributed by atoms with Crippen LogP contribution in [0, 0.1) is 0 Å². The lowest BCUT2D eigenvalue weighted by Gasteiger charge is -2.24. The summed E-state index contributed by atoms with van der Waals surface area (Å²) in [5, 5.41) is 4.17. The summed E-state index contributed by atoms with van der Waals surface area (Å²) in [6.45, 7) is 0.219. The minimum Gasteiger partial charge on any atom is -0.497 e. The number of rotatable bonds is 8. The summed E-state index contributed by atoms with van der Waals surface area (Å²) in [4.78, 5) is 44.3. The van der Waals surface area contributed by atoms with Crippen LogP contribution in [0.5, 0.6) is 5.75 Å². The number of thiocarbonyl (C=S) groups is 1. The van der Waals surface area contributed by atoms with Gasteiger partial charge in [-0.05, 0) is 54.2 Å². The van der Waals surface area contributed by atoms with Crippen molar-refractivity contribution in [3.8, 4) is 5.75 Å². The van der Waals surface area contributed by atoms with E-state index < -0.39 is 17.9 Å². The zero-order valence-corrected chi connectivity index (χ0v) is 19.7. The highest BCUT2D eigenvalue weighted by Gasteiger charge is 2.44. The number of benzene rings is 2. The van der Waals surface area contributed by atoms with E-state index in [0.717, 1.165) is 5.56 Å². The van der Waals surface area contributed by atoms with E-state index in [2.05, 4.69) is 15.7 Å². The van der Waals surface area contributed by atoms with Crippen LogP contribution in [-0.2, 0) is 16.1 Å². The molecule has 10 heteroatoms. The topological polar surface area (TPSA) is 104 Å². The van der Waals surface area contributed by atoms with E-state index in [1.807, 2.05) is 30.3 Å². The van der Waals surface area contributed by atoms with E-state index in [9.17, 15) is 14.4 Å². The molecule has 3 aromatic rings. The molecule has 1 fully saturated rings. The first-order valence-corrected chi connectivity index (χ1v) is 11.2. The number of hydrazine groups is 1. The molecule has 1 aromatic heterocycles. The Morgan fingerprint density at radius 3 is 2.37 bits per heavy atom. The number of carbonyl (C=O) groups is 3. The monoisotopic (exact) mass is 489 g/mol. The van der Waals surface area contributed by atoms with Crippen LogP contribution >= 0.6 is 12.2 Å². The van der Waals surface area contributed by atoms with Crippen LogP contribution in [0.3, 0.4) is 0 Å². The molecule has 178 valence electrons. The predicted molar refractivity (Wildman–Crippen MR) is 133 cm³/mol. The quantitative estimate of drug-likeness (QED) is 0.469. The zero-order chi connectivity index (χ0) is 24.8. The van der Waals surface area contributed by atoms with Gasteiger partial charge in [-0.1, -0.05) is 30.3 Å². The lowest BCUT2D eigenvalue weighted by molar-refractivity contribution is -0.131. The van der Waals surface area contributed by atoms with E-state index >= 15 is 0 Å². The average Bonchev–Trinajstić information content (AvgIpc) is 3.09. The van der Waals surface area contributed by atoms with Crippen LogP contribution < -0.4 is 15.5 Å². The summed E-state index contributed by atoms with van der Waals surface area (Å²) in [6.07, 6.45) is 2.76. The second-order valence-corrected chi connectivity index (χ2v) is 8.10. The van der Waals surface area contributed by atoms with Gasteiger partial charge in [-0.15, -0.1) is 0 Å². The first kappa shape index (κ1) is 23.8. The van der Waals surface area contributed by atoms with Gasteiger partial charge in [0, 0.05) is 23.6 Å². The number of anilines is 1. The number of nitrogens with one attached hydrogen (secondary N) is 2. The molecular weight excluding hydrogens is 466 g/mol. The molecule has 1 unspecified atom stereocenters. The van der Waals surface area contributed by atoms with Gasteiger partial charge in [-0.3, -0.25) is 29.7 Å². The minimum absolute atomic E-state index is 0.114. The Kier molecular flexibility index (Phi) is 7.32. The third kappa shape index (κ3) is 5.61. The van der Waals surface area contributed by atoms with Gasteiger partial charge in [-0.25, -0.2) is 5.01 Å². The van der Waals surface area contributed by atoms with Crippen LogP contribution in [0.2, 0.25) is 0 Å². The van der Waals surface area contributed by atoms with E-state index in [1.54, 1.807) is 43.5 Å². The smallest absolute Gasteiger partial charge is 0.269 e. The van der Waals surface area contributed by atoms with Gasteiger partial charge in [0.25, 0.3) is 11.8 Å². The molecule has 3 amide bonds. The fourth-order valence-corrected chi connectivity index (χ4v) is 3.93. The molecule has 0 saturated carbocycles. The summed E-state index contributed by atoms with van der Waals surface area (Å²) in [6, 6.07) is 18.3. The van der Waals surface area contributed by atoms with Crippen molar-refractivity contribution in [1.82, 2.24) is 20.3 Å². The lowest BCUT2D eigenvalue weighted by Crippen LogP contribution is -2.49. The van der Waals surface area contributed by atoms with Crippen molar-refractivity contribution in [1.29, 1.82) is 0 Å². The van der Waals surface area contributed by atoms with Crippen molar-refractivity contribution in [2.75, 3.05) is 12.4 Å². The molecule has 1 aliphatic heterocycles. The van der Waals surface area contributed by atoms with Gasteiger partial charge in [0.05, 0.1) is 20.1 Å². The highest BCUT2D eigenvalue weighted by atomic mass is 32.1. The number of hydrogen-bond donors (Lipinski definition) is 2. The maximum atomic E-state index is 13.4. The number of methoxy groups -OCH3 is 1. The second-order valence-electron chi connectivity index (χ2n) is 7.74. The minimum atomic E-state index is -1.00. The number of carbonyl (C=O) groups excluding carboxylic acids is 3. The van der Waals surface area contributed by atoms with E-state index in [0.29, 0.717) is 17.0 Å². The Bertz CT molecular complexity index is 1220. The Morgan fingerprint density at radius 1 is 1.03 bits per heavy atom. The van der Waals surface area contributed by atoms with Crippen LogP contribution in [-0.4, -0.2) is 50.9 Å². The van der Waals surface area contributed by atoms with Crippen LogP contribution in [0.15, 0.2) is 79.1 Å². The molecule has 0 aliphatic carbocycles. The van der Waals surface area contributed by atoms with Gasteiger partial charge < -0.3 is 10.1 Å². The van der Waals surface area contributed by atoms with E-state index in [4.69, 9.17) is 17.0 Å². The highest BCUT2D eigenvalue weighted by Crippen LogP contribution is 2.23. The SMILES string of the molecule is COc1ccc(NC(=O)CC2C(=O)N(Cc3ccccc3)C(=S)N2NC(=O)c2ccncc2)cc1. The van der Waals surface area contributed by atoms with Crippen molar-refractivity contribution in [2.45, 2.75) is 19.0 Å². The van der Waals surface area contributed by atoms with E-state index in [1.165, 1.54) is 22.3 Å². The normalized spacial score (nSPS) is 15.2. The standard InChI is InChI=1S/C25H23N5O4S/c1-34-20-9-7-19(8-10-20)27-22(31)15-21-24(33)29(16-17-5-3-2-4-6-17)25(35)30(21)28-23(32)18-11-13-26-14-12-18/h2-14,21H,15-16H2,1H3,(H,27,31)(H,28,32). The van der Waals surface area contributed by atoms with Crippen LogP contribution in [0.25, 0.3) is 0 Å². The molecule has 35 heavy (non-hydrogen) atoms.